The van der Waals surface area contributed by atoms with Crippen LogP contribution in [-0.2, 0) is 6.54 Å². The molecule has 0 unspecified atom stereocenters. The first-order valence-corrected chi connectivity index (χ1v) is 5.88. The van der Waals surface area contributed by atoms with Gasteiger partial charge in [0.2, 0.25) is 0 Å². The lowest BCUT2D eigenvalue weighted by Gasteiger charge is -2.04. The minimum Gasteiger partial charge on any atom is -0.342 e. The van der Waals surface area contributed by atoms with E-state index in [0.717, 1.165) is 6.54 Å². The van der Waals surface area contributed by atoms with E-state index in [1.807, 2.05) is 0 Å². The second-order valence-electron chi connectivity index (χ2n) is 3.69. The van der Waals surface area contributed by atoms with E-state index in [-0.39, 0.29) is 5.82 Å². The minimum absolute atomic E-state index is 0.200. The van der Waals surface area contributed by atoms with E-state index >= 15 is 0 Å². The second-order valence-corrected chi connectivity index (χ2v) is 4.10. The van der Waals surface area contributed by atoms with Crippen LogP contribution in [0.2, 0.25) is 5.02 Å². The Labute approximate surface area is 95.6 Å². The first-order valence-electron chi connectivity index (χ1n) is 5.50. The van der Waals surface area contributed by atoms with Crippen molar-refractivity contribution in [1.82, 2.24) is 0 Å². The molecule has 1 rings (SSSR count). The molecule has 1 aromatic carbocycles. The van der Waals surface area contributed by atoms with Gasteiger partial charge in [-0.05, 0) is 25.0 Å². The Morgan fingerprint density at radius 1 is 1.33 bits per heavy atom. The number of benzene rings is 1. The molecule has 1 nitrogen and oxygen atoms in total. The van der Waals surface area contributed by atoms with Crippen LogP contribution in [0.15, 0.2) is 18.2 Å². The molecular formula is C12H18ClFN+. The van der Waals surface area contributed by atoms with Crippen molar-refractivity contribution in [3.8, 4) is 0 Å². The molecule has 0 saturated heterocycles. The predicted molar refractivity (Wildman–Crippen MR) is 61.4 cm³/mol. The smallest absolute Gasteiger partial charge is 0.133 e. The van der Waals surface area contributed by atoms with Gasteiger partial charge in [-0.1, -0.05) is 31.0 Å². The van der Waals surface area contributed by atoms with Crippen molar-refractivity contribution in [1.29, 1.82) is 0 Å². The summed E-state index contributed by atoms with van der Waals surface area (Å²) in [5.41, 5.74) is 0.621. The monoisotopic (exact) mass is 230 g/mol. The molecule has 0 bridgehead atoms. The molecule has 84 valence electrons. The summed E-state index contributed by atoms with van der Waals surface area (Å²) < 4.78 is 13.3. The molecule has 0 aromatic heterocycles. The first-order chi connectivity index (χ1) is 7.25. The lowest BCUT2D eigenvalue weighted by molar-refractivity contribution is -0.671. The van der Waals surface area contributed by atoms with Crippen LogP contribution in [0.5, 0.6) is 0 Å². The SMILES string of the molecule is CCCCC[NH2+]Cc1c(F)cccc1Cl. The van der Waals surface area contributed by atoms with Crippen molar-refractivity contribution in [3.05, 3.63) is 34.6 Å². The lowest BCUT2D eigenvalue weighted by Crippen LogP contribution is -2.82. The van der Waals surface area contributed by atoms with Crippen LogP contribution in [0.1, 0.15) is 31.7 Å². The van der Waals surface area contributed by atoms with Gasteiger partial charge in [-0.2, -0.15) is 0 Å². The van der Waals surface area contributed by atoms with Crippen LogP contribution in [-0.4, -0.2) is 6.54 Å². The van der Waals surface area contributed by atoms with E-state index in [1.165, 1.54) is 25.3 Å². The number of quaternary nitrogens is 1. The predicted octanol–water partition coefficient (Wildman–Crippen LogP) is 2.73. The first kappa shape index (κ1) is 12.5. The van der Waals surface area contributed by atoms with Gasteiger partial charge >= 0.3 is 0 Å². The summed E-state index contributed by atoms with van der Waals surface area (Å²) in [5, 5.41) is 2.64. The highest BCUT2D eigenvalue weighted by Crippen LogP contribution is 2.17. The van der Waals surface area contributed by atoms with E-state index in [2.05, 4.69) is 12.2 Å². The quantitative estimate of drug-likeness (QED) is 0.724. The molecule has 2 N–H and O–H groups in total. The fourth-order valence-corrected chi connectivity index (χ4v) is 1.75. The van der Waals surface area contributed by atoms with Gasteiger partial charge in [0.15, 0.2) is 0 Å². The summed E-state index contributed by atoms with van der Waals surface area (Å²) in [7, 11) is 0. The Balaban J connectivity index is 2.37. The molecule has 0 saturated carbocycles. The Bertz CT molecular complexity index is 281. The third-order valence-electron chi connectivity index (χ3n) is 2.42. The molecule has 0 radical (unpaired) electrons. The zero-order chi connectivity index (χ0) is 11.1. The molecule has 0 aliphatic heterocycles. The second kappa shape index (κ2) is 6.81. The van der Waals surface area contributed by atoms with Gasteiger partial charge in [0.25, 0.3) is 0 Å². The maximum absolute atomic E-state index is 13.3. The van der Waals surface area contributed by atoms with Crippen LogP contribution in [0, 0.1) is 5.82 Å². The Hall–Kier alpha value is -0.600. The van der Waals surface area contributed by atoms with Crippen molar-refractivity contribution in [3.63, 3.8) is 0 Å². The summed E-state index contributed by atoms with van der Waals surface area (Å²) >= 11 is 5.91. The number of nitrogens with two attached hydrogens (primary N) is 1. The van der Waals surface area contributed by atoms with Gasteiger partial charge in [-0.15, -0.1) is 0 Å². The zero-order valence-corrected chi connectivity index (χ0v) is 9.86. The van der Waals surface area contributed by atoms with Crippen LogP contribution < -0.4 is 5.32 Å². The molecule has 0 aliphatic rings. The third kappa shape index (κ3) is 4.18. The number of hydrogen-bond acceptors (Lipinski definition) is 0. The van der Waals surface area contributed by atoms with Crippen molar-refractivity contribution in [2.24, 2.45) is 0 Å². The molecule has 0 spiro atoms. The summed E-state index contributed by atoms with van der Waals surface area (Å²) in [4.78, 5) is 0. The van der Waals surface area contributed by atoms with E-state index in [9.17, 15) is 4.39 Å². The van der Waals surface area contributed by atoms with Crippen LogP contribution in [0.4, 0.5) is 4.39 Å². The molecule has 15 heavy (non-hydrogen) atoms. The highest BCUT2D eigenvalue weighted by atomic mass is 35.5. The summed E-state index contributed by atoms with van der Waals surface area (Å²) in [6.07, 6.45) is 3.64. The lowest BCUT2D eigenvalue weighted by atomic mass is 10.2. The van der Waals surface area contributed by atoms with Gasteiger partial charge in [-0.3, -0.25) is 0 Å². The highest BCUT2D eigenvalue weighted by molar-refractivity contribution is 6.31. The largest absolute Gasteiger partial charge is 0.342 e. The fourth-order valence-electron chi connectivity index (χ4n) is 1.51. The van der Waals surface area contributed by atoms with Gasteiger partial charge in [0.1, 0.15) is 12.4 Å². The van der Waals surface area contributed by atoms with Crippen molar-refractivity contribution >= 4 is 11.6 Å². The molecule has 0 aliphatic carbocycles. The number of unbranched alkanes of at least 4 members (excludes halogenated alkanes) is 2. The number of hydrogen-bond donors (Lipinski definition) is 1. The number of halogens is 2. The van der Waals surface area contributed by atoms with Gasteiger partial charge in [-0.25, -0.2) is 4.39 Å². The maximum atomic E-state index is 13.3. The molecule has 0 atom stereocenters. The van der Waals surface area contributed by atoms with Crippen molar-refractivity contribution in [2.45, 2.75) is 32.7 Å². The normalized spacial score (nSPS) is 10.6. The minimum atomic E-state index is -0.200. The molecule has 3 heteroatoms. The average molecular weight is 231 g/mol. The summed E-state index contributed by atoms with van der Waals surface area (Å²) in [6.45, 7) is 3.85. The molecule has 0 amide bonds. The average Bonchev–Trinajstić information content (AvgIpc) is 2.21. The molecule has 0 heterocycles. The molecule has 1 aromatic rings. The fraction of sp³-hybridized carbons (Fsp3) is 0.500. The van der Waals surface area contributed by atoms with E-state index in [4.69, 9.17) is 11.6 Å². The third-order valence-corrected chi connectivity index (χ3v) is 2.78. The Morgan fingerprint density at radius 2 is 2.13 bits per heavy atom. The van der Waals surface area contributed by atoms with E-state index in [1.54, 1.807) is 12.1 Å². The summed E-state index contributed by atoms with van der Waals surface area (Å²) in [6, 6.07) is 4.83. The van der Waals surface area contributed by atoms with Crippen molar-refractivity contribution in [2.75, 3.05) is 6.54 Å². The maximum Gasteiger partial charge on any atom is 0.133 e. The van der Waals surface area contributed by atoms with Crippen LogP contribution >= 0.6 is 11.6 Å². The standard InChI is InChI=1S/C12H17ClFN/c1-2-3-4-8-15-9-10-11(13)6-5-7-12(10)14/h5-7,15H,2-4,8-9H2,1H3/p+1. The van der Waals surface area contributed by atoms with Crippen molar-refractivity contribution < 1.29 is 9.71 Å². The number of rotatable bonds is 6. The summed E-state index contributed by atoms with van der Waals surface area (Å²) in [5.74, 6) is -0.200. The van der Waals surface area contributed by atoms with E-state index < -0.39 is 0 Å². The molecule has 0 fully saturated rings. The van der Waals surface area contributed by atoms with Gasteiger partial charge in [0, 0.05) is 0 Å². The topological polar surface area (TPSA) is 16.6 Å². The Morgan fingerprint density at radius 3 is 2.80 bits per heavy atom. The van der Waals surface area contributed by atoms with Gasteiger partial charge in [0.05, 0.1) is 17.1 Å². The van der Waals surface area contributed by atoms with Crippen LogP contribution in [0.25, 0.3) is 0 Å². The molecular weight excluding hydrogens is 213 g/mol. The van der Waals surface area contributed by atoms with Crippen LogP contribution in [0.3, 0.4) is 0 Å². The van der Waals surface area contributed by atoms with Gasteiger partial charge < -0.3 is 5.32 Å². The zero-order valence-electron chi connectivity index (χ0n) is 9.10. The highest BCUT2D eigenvalue weighted by Gasteiger charge is 2.07. The Kier molecular flexibility index (Phi) is 5.66. The van der Waals surface area contributed by atoms with E-state index in [0.29, 0.717) is 17.1 Å².